The summed E-state index contributed by atoms with van der Waals surface area (Å²) >= 11 is 6.21. The lowest BCUT2D eigenvalue weighted by atomic mass is 10.0. The summed E-state index contributed by atoms with van der Waals surface area (Å²) in [4.78, 5) is 13.9. The van der Waals surface area contributed by atoms with E-state index in [1.165, 1.54) is 0 Å². The highest BCUT2D eigenvalue weighted by atomic mass is 35.5. The molecule has 1 aromatic carbocycles. The zero-order valence-electron chi connectivity index (χ0n) is 10.4. The van der Waals surface area contributed by atoms with Crippen molar-refractivity contribution in [3.8, 4) is 0 Å². The van der Waals surface area contributed by atoms with E-state index in [0.29, 0.717) is 18.1 Å². The molecule has 0 aromatic heterocycles. The van der Waals surface area contributed by atoms with Gasteiger partial charge in [0.1, 0.15) is 0 Å². The Bertz CT molecular complexity index is 436. The molecule has 18 heavy (non-hydrogen) atoms. The molecule has 0 aliphatic carbocycles. The average Bonchev–Trinajstić information content (AvgIpc) is 2.38. The predicted molar refractivity (Wildman–Crippen MR) is 72.4 cm³/mol. The van der Waals surface area contributed by atoms with Gasteiger partial charge in [-0.2, -0.15) is 0 Å². The number of nitrogens with zero attached hydrogens (tertiary/aromatic N) is 1. The topological polar surface area (TPSA) is 58.4 Å². The Morgan fingerprint density at radius 3 is 2.94 bits per heavy atom. The third kappa shape index (κ3) is 2.66. The Morgan fingerprint density at radius 2 is 2.28 bits per heavy atom. The van der Waals surface area contributed by atoms with Crippen LogP contribution in [0.3, 0.4) is 0 Å². The summed E-state index contributed by atoms with van der Waals surface area (Å²) < 4.78 is 0. The van der Waals surface area contributed by atoms with Crippen LogP contribution in [-0.4, -0.2) is 36.5 Å². The summed E-state index contributed by atoms with van der Waals surface area (Å²) in [5.74, 6) is -0.0265. The fourth-order valence-electron chi connectivity index (χ4n) is 2.25. The van der Waals surface area contributed by atoms with Crippen molar-refractivity contribution in [1.82, 2.24) is 10.2 Å². The molecule has 1 saturated heterocycles. The van der Waals surface area contributed by atoms with E-state index in [4.69, 9.17) is 17.3 Å². The van der Waals surface area contributed by atoms with Crippen LogP contribution < -0.4 is 11.1 Å². The van der Waals surface area contributed by atoms with Gasteiger partial charge in [0.2, 0.25) is 5.91 Å². The summed E-state index contributed by atoms with van der Waals surface area (Å²) in [6.07, 6.45) is 0. The van der Waals surface area contributed by atoms with Crippen molar-refractivity contribution in [2.45, 2.75) is 19.0 Å². The lowest BCUT2D eigenvalue weighted by molar-refractivity contribution is -0.135. The third-order valence-electron chi connectivity index (χ3n) is 3.18. The van der Waals surface area contributed by atoms with Gasteiger partial charge in [-0.25, -0.2) is 0 Å². The Balaban J connectivity index is 2.29. The van der Waals surface area contributed by atoms with Crippen LogP contribution in [0.15, 0.2) is 24.3 Å². The van der Waals surface area contributed by atoms with Crippen molar-refractivity contribution in [3.63, 3.8) is 0 Å². The average molecular weight is 268 g/mol. The second kappa shape index (κ2) is 5.69. The maximum Gasteiger partial charge on any atom is 0.239 e. The zero-order valence-corrected chi connectivity index (χ0v) is 11.2. The van der Waals surface area contributed by atoms with Gasteiger partial charge in [0.05, 0.1) is 12.1 Å². The number of halogens is 1. The van der Waals surface area contributed by atoms with Crippen LogP contribution in [0.1, 0.15) is 18.5 Å². The van der Waals surface area contributed by atoms with Crippen molar-refractivity contribution >= 4 is 17.5 Å². The first-order chi connectivity index (χ1) is 8.61. The van der Waals surface area contributed by atoms with Gasteiger partial charge in [-0.05, 0) is 18.6 Å². The largest absolute Gasteiger partial charge is 0.332 e. The number of benzene rings is 1. The summed E-state index contributed by atoms with van der Waals surface area (Å²) in [5.41, 5.74) is 6.67. The van der Waals surface area contributed by atoms with E-state index in [1.54, 1.807) is 6.92 Å². The minimum atomic E-state index is -0.479. The van der Waals surface area contributed by atoms with E-state index in [1.807, 2.05) is 29.2 Å². The Kier molecular flexibility index (Phi) is 4.22. The van der Waals surface area contributed by atoms with Crippen LogP contribution >= 0.6 is 11.6 Å². The number of hydrogen-bond donors (Lipinski definition) is 2. The van der Waals surface area contributed by atoms with Gasteiger partial charge >= 0.3 is 0 Å². The van der Waals surface area contributed by atoms with E-state index in [2.05, 4.69) is 5.32 Å². The molecule has 2 atom stereocenters. The van der Waals surface area contributed by atoms with Gasteiger partial charge in [-0.3, -0.25) is 4.79 Å². The first-order valence-electron chi connectivity index (χ1n) is 6.12. The van der Waals surface area contributed by atoms with Crippen molar-refractivity contribution in [1.29, 1.82) is 0 Å². The van der Waals surface area contributed by atoms with E-state index >= 15 is 0 Å². The monoisotopic (exact) mass is 267 g/mol. The maximum absolute atomic E-state index is 12.1. The van der Waals surface area contributed by atoms with Crippen molar-refractivity contribution < 1.29 is 4.79 Å². The molecule has 1 aliphatic rings. The molecule has 0 spiro atoms. The SMILES string of the molecule is CC(N)C(=O)N1CCNCC1c1ccccc1Cl. The molecule has 1 heterocycles. The number of nitrogens with two attached hydrogens (primary N) is 1. The summed E-state index contributed by atoms with van der Waals surface area (Å²) in [5, 5.41) is 3.98. The number of carbonyl (C=O) groups excluding carboxylic acids is 1. The van der Waals surface area contributed by atoms with Gasteiger partial charge < -0.3 is 16.0 Å². The van der Waals surface area contributed by atoms with Gasteiger partial charge in [0.25, 0.3) is 0 Å². The number of nitrogens with one attached hydrogen (secondary N) is 1. The molecule has 2 unspecified atom stereocenters. The fourth-order valence-corrected chi connectivity index (χ4v) is 2.51. The van der Waals surface area contributed by atoms with Crippen LogP contribution in [0.4, 0.5) is 0 Å². The molecule has 0 bridgehead atoms. The summed E-state index contributed by atoms with van der Waals surface area (Å²) in [6.45, 7) is 3.88. The van der Waals surface area contributed by atoms with Crippen molar-refractivity contribution in [2.75, 3.05) is 19.6 Å². The molecule has 4 nitrogen and oxygen atoms in total. The maximum atomic E-state index is 12.1. The van der Waals surface area contributed by atoms with E-state index in [9.17, 15) is 4.79 Å². The van der Waals surface area contributed by atoms with Crippen LogP contribution in [0.5, 0.6) is 0 Å². The number of piperazine rings is 1. The molecule has 1 aliphatic heterocycles. The number of rotatable bonds is 2. The molecule has 1 fully saturated rings. The van der Waals surface area contributed by atoms with Crippen molar-refractivity contribution in [2.24, 2.45) is 5.73 Å². The Hall–Kier alpha value is -1.10. The number of amides is 1. The van der Waals surface area contributed by atoms with Crippen LogP contribution in [0.2, 0.25) is 5.02 Å². The highest BCUT2D eigenvalue weighted by Gasteiger charge is 2.30. The van der Waals surface area contributed by atoms with Gasteiger partial charge in [0, 0.05) is 24.7 Å². The van der Waals surface area contributed by atoms with Gasteiger partial charge in [0.15, 0.2) is 0 Å². The highest BCUT2D eigenvalue weighted by Crippen LogP contribution is 2.28. The Labute approximate surface area is 112 Å². The molecular weight excluding hydrogens is 250 g/mol. The summed E-state index contributed by atoms with van der Waals surface area (Å²) in [7, 11) is 0. The standard InChI is InChI=1S/C13H18ClN3O/c1-9(15)13(18)17-7-6-16-8-12(17)10-4-2-3-5-11(10)14/h2-5,9,12,16H,6-8,15H2,1H3. The predicted octanol–water partition coefficient (Wildman–Crippen LogP) is 1.16. The fraction of sp³-hybridized carbons (Fsp3) is 0.462. The van der Waals surface area contributed by atoms with E-state index in [-0.39, 0.29) is 11.9 Å². The third-order valence-corrected chi connectivity index (χ3v) is 3.52. The second-order valence-electron chi connectivity index (χ2n) is 4.56. The van der Waals surface area contributed by atoms with Gasteiger partial charge in [-0.1, -0.05) is 29.8 Å². The minimum Gasteiger partial charge on any atom is -0.332 e. The van der Waals surface area contributed by atoms with Crippen molar-refractivity contribution in [3.05, 3.63) is 34.9 Å². The number of hydrogen-bond acceptors (Lipinski definition) is 3. The molecule has 2 rings (SSSR count). The molecule has 0 radical (unpaired) electrons. The van der Waals surface area contributed by atoms with Crippen LogP contribution in [-0.2, 0) is 4.79 Å². The lowest BCUT2D eigenvalue weighted by Gasteiger charge is -2.37. The highest BCUT2D eigenvalue weighted by molar-refractivity contribution is 6.31. The smallest absolute Gasteiger partial charge is 0.239 e. The van der Waals surface area contributed by atoms with Crippen LogP contribution in [0.25, 0.3) is 0 Å². The van der Waals surface area contributed by atoms with E-state index in [0.717, 1.165) is 12.1 Å². The molecule has 3 N–H and O–H groups in total. The normalized spacial score (nSPS) is 21.7. The molecule has 1 aromatic rings. The van der Waals surface area contributed by atoms with Crippen LogP contribution in [0, 0.1) is 0 Å². The quantitative estimate of drug-likeness (QED) is 0.845. The zero-order chi connectivity index (χ0) is 13.1. The first kappa shape index (κ1) is 13.3. The molecule has 98 valence electrons. The second-order valence-corrected chi connectivity index (χ2v) is 4.97. The first-order valence-corrected chi connectivity index (χ1v) is 6.50. The summed E-state index contributed by atoms with van der Waals surface area (Å²) in [6, 6.07) is 7.12. The lowest BCUT2D eigenvalue weighted by Crippen LogP contribution is -2.52. The molecular formula is C13H18ClN3O. The number of carbonyl (C=O) groups is 1. The van der Waals surface area contributed by atoms with Gasteiger partial charge in [-0.15, -0.1) is 0 Å². The molecule has 5 heteroatoms. The molecule has 0 saturated carbocycles. The minimum absolute atomic E-state index is 0.0265. The Morgan fingerprint density at radius 1 is 1.56 bits per heavy atom. The molecule has 1 amide bonds. The van der Waals surface area contributed by atoms with E-state index < -0.39 is 6.04 Å².